The summed E-state index contributed by atoms with van der Waals surface area (Å²) in [5, 5.41) is 74.4. The summed E-state index contributed by atoms with van der Waals surface area (Å²) in [7, 11) is 2.17. The SMILES string of the molecule is CN1CCN(c2ccc3nc(-c4ccc5nc(-c6ccc(OCCCCCCCCCCCCOCc7cn(C[C@H]8O[C@@H](O[C@@H]9[C@@H](O)[C@H](N)C[C@H](N)[C@H]9O[C@H]9O[C@H](CN)[C@@H](O)[C@H](O)[C@H]9N)[C@H](O)[C@@H]8O[C@H]8OC(CN)[C@@H](O)[C@H](O)[C@H]8N)nn7)cc6)[nH]c5c4)[nH]c3c2)CC1. The van der Waals surface area contributed by atoms with Crippen LogP contribution in [-0.2, 0) is 46.3 Å². The number of aromatic nitrogens is 7. The minimum atomic E-state index is -1.61. The molecule has 1 unspecified atom stereocenters. The number of nitrogens with two attached hydrogens (primary N) is 6. The summed E-state index contributed by atoms with van der Waals surface area (Å²) in [5.41, 5.74) is 44.6. The molecule has 3 aromatic heterocycles. The third kappa shape index (κ3) is 16.1. The van der Waals surface area contributed by atoms with E-state index in [1.165, 1.54) is 42.5 Å². The molecule has 0 radical (unpaired) electrons. The van der Waals surface area contributed by atoms with Gasteiger partial charge in [0.2, 0.25) is 0 Å². The second kappa shape index (κ2) is 31.4. The van der Waals surface area contributed by atoms with Gasteiger partial charge in [0.1, 0.15) is 90.2 Å². The fourth-order valence-corrected chi connectivity index (χ4v) is 12.9. The highest BCUT2D eigenvalue weighted by molar-refractivity contribution is 5.87. The van der Waals surface area contributed by atoms with Crippen molar-refractivity contribution >= 4 is 27.8 Å². The average Bonchev–Trinajstić information content (AvgIpc) is 1.57. The number of nitrogens with zero attached hydrogens (tertiary/aromatic N) is 7. The van der Waals surface area contributed by atoms with Crippen molar-refractivity contribution in [2.24, 2.45) is 34.4 Å². The van der Waals surface area contributed by atoms with Crippen LogP contribution >= 0.6 is 0 Å². The van der Waals surface area contributed by atoms with E-state index in [4.69, 9.17) is 82.3 Å². The number of imidazole rings is 2. The van der Waals surface area contributed by atoms with E-state index >= 15 is 0 Å². The quantitative estimate of drug-likeness (QED) is 0.0269. The molecule has 11 rings (SSSR count). The molecule has 1 aliphatic carbocycles. The van der Waals surface area contributed by atoms with Crippen molar-refractivity contribution in [3.63, 3.8) is 0 Å². The van der Waals surface area contributed by atoms with Gasteiger partial charge in [-0.1, -0.05) is 56.6 Å². The largest absolute Gasteiger partial charge is 0.494 e. The fourth-order valence-electron chi connectivity index (χ4n) is 12.9. The van der Waals surface area contributed by atoms with E-state index in [0.717, 1.165) is 109 Å². The Balaban J connectivity index is 0.572. The first-order valence-corrected chi connectivity index (χ1v) is 32.6. The van der Waals surface area contributed by atoms with Gasteiger partial charge in [-0.3, -0.25) is 0 Å². The lowest BCUT2D eigenvalue weighted by molar-refractivity contribution is -0.306. The number of unbranched alkanes of at least 4 members (excludes halogenated alkanes) is 9. The van der Waals surface area contributed by atoms with Crippen LogP contribution in [-0.4, -0.2) is 246 Å². The number of aromatic amines is 2. The molecule has 7 heterocycles. The van der Waals surface area contributed by atoms with Crippen LogP contribution < -0.4 is 44.0 Å². The van der Waals surface area contributed by atoms with Crippen molar-refractivity contribution in [1.29, 1.82) is 0 Å². The summed E-state index contributed by atoms with van der Waals surface area (Å²) >= 11 is 0. The van der Waals surface area contributed by atoms with Gasteiger partial charge in [0.25, 0.3) is 0 Å². The number of aliphatic hydroxyl groups is 6. The van der Waals surface area contributed by atoms with Gasteiger partial charge in [-0.2, -0.15) is 0 Å². The third-order valence-electron chi connectivity index (χ3n) is 18.6. The molecule has 3 aromatic carbocycles. The molecular weight excluding hydrogens is 1190 g/mol. The summed E-state index contributed by atoms with van der Waals surface area (Å²) in [6.45, 7) is 5.19. The number of rotatable bonds is 29. The number of benzene rings is 3. The summed E-state index contributed by atoms with van der Waals surface area (Å²) < 4.78 is 50.3. The van der Waals surface area contributed by atoms with E-state index < -0.39 is 116 Å². The second-order valence-corrected chi connectivity index (χ2v) is 25.4. The Kier molecular flexibility index (Phi) is 23.2. The van der Waals surface area contributed by atoms with Crippen molar-refractivity contribution in [2.75, 3.05) is 64.4 Å². The molecule has 6 aromatic rings. The predicted octanol–water partition coefficient (Wildman–Crippen LogP) is -0.261. The number of nitrogens with one attached hydrogen (secondary N) is 2. The highest BCUT2D eigenvalue weighted by Gasteiger charge is 2.55. The van der Waals surface area contributed by atoms with Crippen molar-refractivity contribution in [3.05, 3.63) is 72.6 Å². The first-order valence-electron chi connectivity index (χ1n) is 32.6. The minimum Gasteiger partial charge on any atom is -0.494 e. The Morgan fingerprint density at radius 2 is 1.10 bits per heavy atom. The van der Waals surface area contributed by atoms with Crippen LogP contribution in [0, 0.1) is 0 Å². The van der Waals surface area contributed by atoms with Gasteiger partial charge in [0.15, 0.2) is 18.9 Å². The molecule has 0 spiro atoms. The summed E-state index contributed by atoms with van der Waals surface area (Å²) in [6, 6.07) is 16.5. The number of hydrogen-bond donors (Lipinski definition) is 14. The summed E-state index contributed by atoms with van der Waals surface area (Å²) in [5.74, 6) is 2.49. The van der Waals surface area contributed by atoms with Crippen LogP contribution in [0.5, 0.6) is 5.75 Å². The second-order valence-electron chi connectivity index (χ2n) is 25.4. The first-order chi connectivity index (χ1) is 44.5. The van der Waals surface area contributed by atoms with Gasteiger partial charge in [0.05, 0.1) is 66.2 Å². The van der Waals surface area contributed by atoms with Crippen LogP contribution in [0.15, 0.2) is 66.9 Å². The average molecular weight is 1290 g/mol. The van der Waals surface area contributed by atoms with Gasteiger partial charge >= 0.3 is 0 Å². The molecule has 506 valence electrons. The maximum absolute atomic E-state index is 11.9. The molecular formula is C63H95N15O14. The molecule has 5 fully saturated rings. The van der Waals surface area contributed by atoms with Crippen LogP contribution in [0.25, 0.3) is 44.8 Å². The Bertz CT molecular complexity index is 3240. The number of anilines is 1. The van der Waals surface area contributed by atoms with Gasteiger partial charge < -0.3 is 123 Å². The van der Waals surface area contributed by atoms with E-state index in [1.807, 2.05) is 30.3 Å². The van der Waals surface area contributed by atoms with Gasteiger partial charge in [0, 0.05) is 74.8 Å². The number of aliphatic hydroxyl groups excluding tert-OH is 6. The molecule has 19 atom stereocenters. The van der Waals surface area contributed by atoms with Gasteiger partial charge in [-0.25, -0.2) is 14.6 Å². The summed E-state index contributed by atoms with van der Waals surface area (Å²) in [4.78, 5) is 21.7. The highest BCUT2D eigenvalue weighted by atomic mass is 16.8. The van der Waals surface area contributed by atoms with Gasteiger partial charge in [-0.15, -0.1) is 5.10 Å². The third-order valence-corrected chi connectivity index (χ3v) is 18.6. The lowest BCUT2D eigenvalue weighted by Gasteiger charge is -2.47. The first kappa shape index (κ1) is 67.9. The number of likely N-dealkylation sites (N-methyl/N-ethyl adjacent to an activating group) is 1. The van der Waals surface area contributed by atoms with E-state index in [1.54, 1.807) is 6.20 Å². The standard InChI is InChI=1S/C63H95N15O14/c1-76-20-22-77(23-21-76)37-15-19-42-44(27-37)73-60(71-42)35-14-18-41-43(26-35)72-59(70-41)34-12-16-38(17-13-34)86-25-11-9-7-5-3-2-4-6-8-10-24-85-33-36-31-78(75-74-36)32-47-57(91-62-49(69)54(83)52(81)46(30-65)88-62)55(84)63(89-47)92-58-50(79)39(66)28-40(67)56(58)90-61-48(68)53(82)51(80)45(29-64)87-61/h12-19,26-27,31,39-40,45-58,61-63,79-84H,2-11,20-25,28-30,32-33,64-69H2,1H3,(H,70,72)(H,71,73)/t39-,40+,45-,46?,47-,48-,49-,50+,51-,52-,53-,54-,55-,56-,57-,58-,61-,62-,63+/m1/s1. The Labute approximate surface area is 534 Å². The van der Waals surface area contributed by atoms with Crippen LogP contribution in [0.3, 0.4) is 0 Å². The van der Waals surface area contributed by atoms with Crippen molar-refractivity contribution in [3.8, 4) is 28.5 Å². The van der Waals surface area contributed by atoms with Crippen molar-refractivity contribution < 1.29 is 68.5 Å². The van der Waals surface area contributed by atoms with Crippen molar-refractivity contribution in [1.82, 2.24) is 39.8 Å². The molecule has 0 bridgehead atoms. The molecule has 4 saturated heterocycles. The zero-order valence-electron chi connectivity index (χ0n) is 52.2. The lowest BCUT2D eigenvalue weighted by Crippen LogP contribution is -2.68. The maximum Gasteiger partial charge on any atom is 0.187 e. The van der Waals surface area contributed by atoms with E-state index in [0.29, 0.717) is 18.9 Å². The molecule has 29 nitrogen and oxygen atoms in total. The topological polar surface area (TPSA) is 446 Å². The van der Waals surface area contributed by atoms with Crippen LogP contribution in [0.2, 0.25) is 0 Å². The lowest BCUT2D eigenvalue weighted by atomic mass is 9.84. The smallest absolute Gasteiger partial charge is 0.187 e. The van der Waals surface area contributed by atoms with E-state index in [9.17, 15) is 30.6 Å². The van der Waals surface area contributed by atoms with E-state index in [-0.39, 0.29) is 32.7 Å². The normalized spacial score (nSPS) is 32.3. The molecule has 20 N–H and O–H groups in total. The Morgan fingerprint density at radius 1 is 0.554 bits per heavy atom. The predicted molar refractivity (Wildman–Crippen MR) is 339 cm³/mol. The molecule has 29 heteroatoms. The zero-order valence-corrected chi connectivity index (χ0v) is 52.2. The van der Waals surface area contributed by atoms with Crippen LogP contribution in [0.4, 0.5) is 5.69 Å². The monoisotopic (exact) mass is 1290 g/mol. The minimum absolute atomic E-state index is 0.0518. The zero-order chi connectivity index (χ0) is 64.6. The molecule has 1 saturated carbocycles. The number of fused-ring (bicyclic) bond motifs is 2. The van der Waals surface area contributed by atoms with Crippen molar-refractivity contribution in [2.45, 2.75) is 200 Å². The number of ether oxygens (including phenoxy) is 8. The fraction of sp³-hybridized carbons (Fsp3) is 0.651. The molecule has 4 aliphatic heterocycles. The summed E-state index contributed by atoms with van der Waals surface area (Å²) in [6.07, 6.45) is -7.15. The maximum atomic E-state index is 11.9. The number of piperazine rings is 1. The Morgan fingerprint density at radius 3 is 1.73 bits per heavy atom. The van der Waals surface area contributed by atoms with Gasteiger partial charge in [-0.05, 0) is 87.0 Å². The Hall–Kier alpha value is -5.46. The van der Waals surface area contributed by atoms with E-state index in [2.05, 4.69) is 67.5 Å². The number of hydrogen-bond acceptors (Lipinski definition) is 26. The highest BCUT2D eigenvalue weighted by Crippen LogP contribution is 2.36. The van der Waals surface area contributed by atoms with Crippen LogP contribution in [0.1, 0.15) is 76.3 Å². The molecule has 92 heavy (non-hydrogen) atoms. The molecule has 5 aliphatic rings. The molecule has 0 amide bonds. The number of H-pyrrole nitrogens is 2.